The van der Waals surface area contributed by atoms with Crippen molar-refractivity contribution >= 4 is 15.9 Å². The van der Waals surface area contributed by atoms with Crippen LogP contribution >= 0.6 is 15.9 Å². The summed E-state index contributed by atoms with van der Waals surface area (Å²) in [7, 11) is 0. The summed E-state index contributed by atoms with van der Waals surface area (Å²) in [5.74, 6) is 0.471. The molecule has 0 fully saturated rings. The van der Waals surface area contributed by atoms with Gasteiger partial charge in [-0.25, -0.2) is 0 Å². The predicted molar refractivity (Wildman–Crippen MR) is 73.6 cm³/mol. The van der Waals surface area contributed by atoms with Gasteiger partial charge >= 0.3 is 6.18 Å². The van der Waals surface area contributed by atoms with Gasteiger partial charge in [-0.15, -0.1) is 0 Å². The summed E-state index contributed by atoms with van der Waals surface area (Å²) in [6.07, 6.45) is -2.97. The first-order chi connectivity index (χ1) is 9.33. The van der Waals surface area contributed by atoms with Crippen LogP contribution in [0, 0.1) is 0 Å². The van der Waals surface area contributed by atoms with Gasteiger partial charge in [0, 0.05) is 6.04 Å². The summed E-state index contributed by atoms with van der Waals surface area (Å²) in [6, 6.07) is 5.38. The molecule has 0 aliphatic carbocycles. The highest BCUT2D eigenvalue weighted by molar-refractivity contribution is 9.10. The van der Waals surface area contributed by atoms with E-state index in [0.29, 0.717) is 16.6 Å². The molecule has 1 unspecified atom stereocenters. The zero-order valence-electron chi connectivity index (χ0n) is 11.0. The van der Waals surface area contributed by atoms with E-state index in [-0.39, 0.29) is 6.04 Å². The van der Waals surface area contributed by atoms with Gasteiger partial charge in [0.15, 0.2) is 6.79 Å². The summed E-state index contributed by atoms with van der Waals surface area (Å²) in [6.45, 7) is 0.174. The first kappa shape index (κ1) is 17.3. The van der Waals surface area contributed by atoms with E-state index in [2.05, 4.69) is 20.7 Å². The number of alkyl halides is 3. The van der Waals surface area contributed by atoms with Crippen molar-refractivity contribution in [3.63, 3.8) is 0 Å². The molecule has 1 aromatic rings. The van der Waals surface area contributed by atoms with E-state index in [0.717, 1.165) is 12.0 Å². The van der Waals surface area contributed by atoms with Gasteiger partial charge in [-0.1, -0.05) is 19.1 Å². The molecule has 20 heavy (non-hydrogen) atoms. The zero-order valence-corrected chi connectivity index (χ0v) is 12.6. The minimum absolute atomic E-state index is 0.0252. The molecule has 0 radical (unpaired) electrons. The third-order valence-electron chi connectivity index (χ3n) is 2.61. The van der Waals surface area contributed by atoms with Crippen LogP contribution in [0.5, 0.6) is 5.75 Å². The van der Waals surface area contributed by atoms with Gasteiger partial charge < -0.3 is 15.2 Å². The van der Waals surface area contributed by atoms with Gasteiger partial charge in [0.1, 0.15) is 12.4 Å². The molecule has 1 rings (SSSR count). The quantitative estimate of drug-likeness (QED) is 0.599. The van der Waals surface area contributed by atoms with Gasteiger partial charge in [0.05, 0.1) is 4.47 Å². The third-order valence-corrected chi connectivity index (χ3v) is 3.23. The standard InChI is InChI=1S/C13H17BrF3NO2/c1-2-10(18)6-9-4-3-5-11(14)12(9)20-8-19-7-13(15,16)17/h3-5,10H,2,6-8,18H2,1H3. The Morgan fingerprint density at radius 1 is 1.35 bits per heavy atom. The first-order valence-electron chi connectivity index (χ1n) is 6.13. The molecular formula is C13H17BrF3NO2. The van der Waals surface area contributed by atoms with E-state index >= 15 is 0 Å². The van der Waals surface area contributed by atoms with Crippen LogP contribution in [0.1, 0.15) is 18.9 Å². The van der Waals surface area contributed by atoms with Gasteiger partial charge in [0.25, 0.3) is 0 Å². The third kappa shape index (κ3) is 6.11. The average molecular weight is 356 g/mol. The maximum absolute atomic E-state index is 12.0. The molecule has 0 saturated carbocycles. The number of para-hydroxylation sites is 1. The second kappa shape index (κ2) is 7.85. The minimum Gasteiger partial charge on any atom is -0.466 e. The summed E-state index contributed by atoms with van der Waals surface area (Å²) >= 11 is 3.31. The normalized spacial score (nSPS) is 13.3. The molecule has 3 nitrogen and oxygen atoms in total. The second-order valence-corrected chi connectivity index (χ2v) is 5.18. The van der Waals surface area contributed by atoms with Crippen molar-refractivity contribution in [3.8, 4) is 5.75 Å². The molecule has 0 aromatic heterocycles. The van der Waals surface area contributed by atoms with Crippen LogP contribution in [0.25, 0.3) is 0 Å². The Hall–Kier alpha value is -0.790. The van der Waals surface area contributed by atoms with Crippen molar-refractivity contribution < 1.29 is 22.6 Å². The van der Waals surface area contributed by atoms with Gasteiger partial charge in [-0.2, -0.15) is 13.2 Å². The van der Waals surface area contributed by atoms with Crippen LogP contribution in [0.15, 0.2) is 22.7 Å². The van der Waals surface area contributed by atoms with Gasteiger partial charge in [-0.3, -0.25) is 0 Å². The molecule has 1 atom stereocenters. The smallest absolute Gasteiger partial charge is 0.411 e. The summed E-state index contributed by atoms with van der Waals surface area (Å²) in [5, 5.41) is 0. The molecule has 0 saturated heterocycles. The van der Waals surface area contributed by atoms with E-state index in [9.17, 15) is 13.2 Å². The van der Waals surface area contributed by atoms with E-state index in [1.165, 1.54) is 0 Å². The highest BCUT2D eigenvalue weighted by atomic mass is 79.9. The number of nitrogens with two attached hydrogens (primary N) is 1. The lowest BCUT2D eigenvalue weighted by molar-refractivity contribution is -0.186. The first-order valence-corrected chi connectivity index (χ1v) is 6.93. The van der Waals surface area contributed by atoms with Crippen molar-refractivity contribution in [1.29, 1.82) is 0 Å². The van der Waals surface area contributed by atoms with Crippen molar-refractivity contribution in [2.45, 2.75) is 32.0 Å². The maximum Gasteiger partial charge on any atom is 0.411 e. The lowest BCUT2D eigenvalue weighted by atomic mass is 10.0. The fourth-order valence-corrected chi connectivity index (χ4v) is 2.08. The van der Waals surface area contributed by atoms with E-state index in [1.807, 2.05) is 19.1 Å². The summed E-state index contributed by atoms with van der Waals surface area (Å²) in [5.41, 5.74) is 6.72. The van der Waals surface area contributed by atoms with Crippen molar-refractivity contribution in [2.75, 3.05) is 13.4 Å². The van der Waals surface area contributed by atoms with Crippen LogP contribution in [-0.2, 0) is 11.2 Å². The number of ether oxygens (including phenoxy) is 2. The van der Waals surface area contributed by atoms with Crippen LogP contribution in [0.4, 0.5) is 13.2 Å². The Morgan fingerprint density at radius 3 is 2.65 bits per heavy atom. The maximum atomic E-state index is 12.0. The molecule has 0 aliphatic rings. The Morgan fingerprint density at radius 2 is 2.05 bits per heavy atom. The number of hydrogen-bond acceptors (Lipinski definition) is 3. The predicted octanol–water partition coefficient (Wildman–Crippen LogP) is 3.64. The molecule has 2 N–H and O–H groups in total. The molecule has 0 heterocycles. The van der Waals surface area contributed by atoms with Crippen LogP contribution in [0.2, 0.25) is 0 Å². The van der Waals surface area contributed by atoms with E-state index in [4.69, 9.17) is 10.5 Å². The summed E-state index contributed by atoms with van der Waals surface area (Å²) < 4.78 is 46.2. The fraction of sp³-hybridized carbons (Fsp3) is 0.538. The highest BCUT2D eigenvalue weighted by Gasteiger charge is 2.27. The van der Waals surface area contributed by atoms with E-state index in [1.54, 1.807) is 6.07 Å². The molecule has 7 heteroatoms. The van der Waals surface area contributed by atoms with E-state index < -0.39 is 19.6 Å². The average Bonchev–Trinajstić information content (AvgIpc) is 2.35. The fourth-order valence-electron chi connectivity index (χ4n) is 1.56. The number of benzene rings is 1. The summed E-state index contributed by atoms with van der Waals surface area (Å²) in [4.78, 5) is 0. The second-order valence-electron chi connectivity index (χ2n) is 4.33. The topological polar surface area (TPSA) is 44.5 Å². The Labute approximate surface area is 124 Å². The molecule has 0 aliphatic heterocycles. The van der Waals surface area contributed by atoms with Gasteiger partial charge in [0.2, 0.25) is 0 Å². The number of rotatable bonds is 7. The Balaban J connectivity index is 2.63. The SMILES string of the molecule is CCC(N)Cc1cccc(Br)c1OCOCC(F)(F)F. The van der Waals surface area contributed by atoms with Crippen molar-refractivity contribution in [2.24, 2.45) is 5.73 Å². The zero-order chi connectivity index (χ0) is 15.2. The Kier molecular flexibility index (Phi) is 6.78. The molecule has 114 valence electrons. The van der Waals surface area contributed by atoms with Crippen LogP contribution < -0.4 is 10.5 Å². The number of halogens is 4. The molecule has 0 amide bonds. The highest BCUT2D eigenvalue weighted by Crippen LogP contribution is 2.30. The molecule has 1 aromatic carbocycles. The van der Waals surface area contributed by atoms with Crippen molar-refractivity contribution in [1.82, 2.24) is 0 Å². The monoisotopic (exact) mass is 355 g/mol. The van der Waals surface area contributed by atoms with Crippen LogP contribution in [0.3, 0.4) is 0 Å². The number of hydrogen-bond donors (Lipinski definition) is 1. The molecule has 0 spiro atoms. The lowest BCUT2D eigenvalue weighted by Crippen LogP contribution is -2.22. The largest absolute Gasteiger partial charge is 0.466 e. The van der Waals surface area contributed by atoms with Crippen molar-refractivity contribution in [3.05, 3.63) is 28.2 Å². The molecule has 0 bridgehead atoms. The van der Waals surface area contributed by atoms with Gasteiger partial charge in [-0.05, 0) is 40.4 Å². The minimum atomic E-state index is -4.36. The van der Waals surface area contributed by atoms with Crippen LogP contribution in [-0.4, -0.2) is 25.6 Å². The molecular weight excluding hydrogens is 339 g/mol. The lowest BCUT2D eigenvalue weighted by Gasteiger charge is -2.16. The Bertz CT molecular complexity index is 427.